The van der Waals surface area contributed by atoms with Crippen molar-refractivity contribution in [2.24, 2.45) is 0 Å². The Morgan fingerprint density at radius 3 is 2.42 bits per heavy atom. The molecule has 0 aliphatic rings. The molecule has 5 nitrogen and oxygen atoms in total. The lowest BCUT2D eigenvalue weighted by Gasteiger charge is -2.05. The molecule has 0 atom stereocenters. The van der Waals surface area contributed by atoms with Crippen LogP contribution in [0.1, 0.15) is 21.8 Å². The van der Waals surface area contributed by atoms with Crippen LogP contribution in [-0.4, -0.2) is 17.5 Å². The standard InChI is InChI=1S/C14H16N2O3/c1-9-10(2)19-14(15)16(9)8-13(17)11-4-6-12(18-3)7-5-11/h4-7,15H,8H2,1-3H3. The summed E-state index contributed by atoms with van der Waals surface area (Å²) in [6.07, 6.45) is 0. The second-order valence-corrected chi connectivity index (χ2v) is 4.29. The average Bonchev–Trinajstić information content (AvgIpc) is 2.65. The first-order valence-corrected chi connectivity index (χ1v) is 5.91. The summed E-state index contributed by atoms with van der Waals surface area (Å²) in [6, 6.07) is 6.92. The maximum absolute atomic E-state index is 12.1. The molecule has 0 saturated carbocycles. The van der Waals surface area contributed by atoms with E-state index in [1.807, 2.05) is 6.92 Å². The third-order valence-corrected chi connectivity index (χ3v) is 3.12. The van der Waals surface area contributed by atoms with Crippen LogP contribution in [0.2, 0.25) is 0 Å². The Morgan fingerprint density at radius 2 is 1.95 bits per heavy atom. The van der Waals surface area contributed by atoms with Gasteiger partial charge in [0.05, 0.1) is 19.3 Å². The number of nitrogens with one attached hydrogen (secondary N) is 1. The Kier molecular flexibility index (Phi) is 3.55. The molecule has 2 rings (SSSR count). The molecule has 19 heavy (non-hydrogen) atoms. The number of oxazole rings is 1. The maximum atomic E-state index is 12.1. The van der Waals surface area contributed by atoms with E-state index in [2.05, 4.69) is 0 Å². The van der Waals surface area contributed by atoms with E-state index in [-0.39, 0.29) is 18.0 Å². The molecule has 0 amide bonds. The van der Waals surface area contributed by atoms with Crippen LogP contribution in [0, 0.1) is 19.3 Å². The summed E-state index contributed by atoms with van der Waals surface area (Å²) in [5.74, 6) is 1.30. The molecule has 2 aromatic rings. The van der Waals surface area contributed by atoms with Crippen molar-refractivity contribution < 1.29 is 13.9 Å². The second kappa shape index (κ2) is 5.14. The summed E-state index contributed by atoms with van der Waals surface area (Å²) in [4.78, 5) is 12.1. The Hall–Kier alpha value is -2.30. The van der Waals surface area contributed by atoms with Crippen LogP contribution < -0.4 is 10.4 Å². The number of hydrogen-bond donors (Lipinski definition) is 1. The lowest BCUT2D eigenvalue weighted by Crippen LogP contribution is -2.21. The van der Waals surface area contributed by atoms with Crippen molar-refractivity contribution in [1.82, 2.24) is 4.57 Å². The van der Waals surface area contributed by atoms with Gasteiger partial charge in [-0.25, -0.2) is 0 Å². The Balaban J connectivity index is 2.23. The van der Waals surface area contributed by atoms with Crippen molar-refractivity contribution in [3.63, 3.8) is 0 Å². The van der Waals surface area contributed by atoms with Crippen molar-refractivity contribution >= 4 is 5.78 Å². The number of hydrogen-bond acceptors (Lipinski definition) is 4. The summed E-state index contributed by atoms with van der Waals surface area (Å²) in [5, 5.41) is 7.68. The van der Waals surface area contributed by atoms with Gasteiger partial charge >= 0.3 is 0 Å². The van der Waals surface area contributed by atoms with E-state index < -0.39 is 0 Å². The Labute approximate surface area is 110 Å². The number of methoxy groups -OCH3 is 1. The number of nitrogens with zero attached hydrogens (tertiary/aromatic N) is 1. The number of ether oxygens (including phenoxy) is 1. The van der Waals surface area contributed by atoms with Crippen molar-refractivity contribution in [3.05, 3.63) is 47.0 Å². The van der Waals surface area contributed by atoms with E-state index in [0.29, 0.717) is 17.1 Å². The van der Waals surface area contributed by atoms with E-state index in [0.717, 1.165) is 5.69 Å². The number of carbonyl (C=O) groups excluding carboxylic acids is 1. The first-order valence-electron chi connectivity index (χ1n) is 5.91. The summed E-state index contributed by atoms with van der Waals surface area (Å²) >= 11 is 0. The van der Waals surface area contributed by atoms with Gasteiger partial charge in [0.2, 0.25) is 0 Å². The molecule has 0 radical (unpaired) electrons. The normalized spacial score (nSPS) is 10.5. The van der Waals surface area contributed by atoms with E-state index in [1.54, 1.807) is 42.9 Å². The Bertz CT molecular complexity index is 650. The number of aryl methyl sites for hydroxylation is 1. The van der Waals surface area contributed by atoms with E-state index in [9.17, 15) is 4.79 Å². The highest BCUT2D eigenvalue weighted by Gasteiger charge is 2.12. The van der Waals surface area contributed by atoms with Gasteiger partial charge in [-0.15, -0.1) is 0 Å². The van der Waals surface area contributed by atoms with Crippen LogP contribution >= 0.6 is 0 Å². The highest BCUT2D eigenvalue weighted by molar-refractivity contribution is 5.96. The van der Waals surface area contributed by atoms with Crippen molar-refractivity contribution in [2.75, 3.05) is 7.11 Å². The molecule has 0 bridgehead atoms. The average molecular weight is 260 g/mol. The molecule has 0 saturated heterocycles. The summed E-state index contributed by atoms with van der Waals surface area (Å²) in [6.45, 7) is 3.72. The lowest BCUT2D eigenvalue weighted by atomic mass is 10.1. The summed E-state index contributed by atoms with van der Waals surface area (Å²) in [5.41, 5.74) is 1.38. The fourth-order valence-electron chi connectivity index (χ4n) is 1.82. The van der Waals surface area contributed by atoms with Gasteiger partial charge in [0.15, 0.2) is 5.78 Å². The highest BCUT2D eigenvalue weighted by atomic mass is 16.5. The third kappa shape index (κ3) is 2.59. The lowest BCUT2D eigenvalue weighted by molar-refractivity contribution is 0.0967. The number of Topliss-reactive ketones (excluding diaryl/α,β-unsaturated/α-hetero) is 1. The van der Waals surface area contributed by atoms with Crippen LogP contribution in [0.3, 0.4) is 0 Å². The summed E-state index contributed by atoms with van der Waals surface area (Å²) < 4.78 is 11.8. The minimum Gasteiger partial charge on any atom is -0.497 e. The molecule has 1 heterocycles. The number of aromatic nitrogens is 1. The van der Waals surface area contributed by atoms with Crippen LogP contribution in [0.15, 0.2) is 28.7 Å². The van der Waals surface area contributed by atoms with Gasteiger partial charge < -0.3 is 9.15 Å². The number of rotatable bonds is 4. The molecular formula is C14H16N2O3. The van der Waals surface area contributed by atoms with Crippen molar-refractivity contribution in [2.45, 2.75) is 20.4 Å². The van der Waals surface area contributed by atoms with Crippen LogP contribution in [0.25, 0.3) is 0 Å². The zero-order chi connectivity index (χ0) is 14.0. The van der Waals surface area contributed by atoms with Gasteiger partial charge in [-0.2, -0.15) is 0 Å². The zero-order valence-electron chi connectivity index (χ0n) is 11.2. The first-order chi connectivity index (χ1) is 9.02. The Morgan fingerprint density at radius 1 is 1.32 bits per heavy atom. The minimum atomic E-state index is -0.0648. The number of benzene rings is 1. The predicted octanol–water partition coefficient (Wildman–Crippen LogP) is 2.07. The monoisotopic (exact) mass is 260 g/mol. The van der Waals surface area contributed by atoms with E-state index >= 15 is 0 Å². The van der Waals surface area contributed by atoms with Gasteiger partial charge in [0, 0.05) is 5.56 Å². The van der Waals surface area contributed by atoms with Gasteiger partial charge in [-0.3, -0.25) is 14.8 Å². The van der Waals surface area contributed by atoms with Gasteiger partial charge in [0.25, 0.3) is 5.68 Å². The SMILES string of the molecule is COc1ccc(C(=O)Cn2c(C)c(C)oc2=N)cc1. The topological polar surface area (TPSA) is 68.2 Å². The largest absolute Gasteiger partial charge is 0.497 e. The van der Waals surface area contributed by atoms with Gasteiger partial charge in [0.1, 0.15) is 11.5 Å². The molecule has 1 N–H and O–H groups in total. The van der Waals surface area contributed by atoms with E-state index in [1.165, 1.54) is 0 Å². The fraction of sp³-hybridized carbons (Fsp3) is 0.286. The van der Waals surface area contributed by atoms with Crippen LogP contribution in [-0.2, 0) is 6.54 Å². The van der Waals surface area contributed by atoms with Gasteiger partial charge in [-0.05, 0) is 38.1 Å². The molecule has 100 valence electrons. The third-order valence-electron chi connectivity index (χ3n) is 3.12. The highest BCUT2D eigenvalue weighted by Crippen LogP contribution is 2.13. The maximum Gasteiger partial charge on any atom is 0.294 e. The molecule has 1 aromatic carbocycles. The van der Waals surface area contributed by atoms with Crippen molar-refractivity contribution in [1.29, 1.82) is 5.41 Å². The van der Waals surface area contributed by atoms with E-state index in [4.69, 9.17) is 14.6 Å². The quantitative estimate of drug-likeness (QED) is 0.856. The minimum absolute atomic E-state index is 0.00291. The molecular weight excluding hydrogens is 244 g/mol. The molecule has 5 heteroatoms. The zero-order valence-corrected chi connectivity index (χ0v) is 11.2. The molecule has 1 aromatic heterocycles. The number of carbonyl (C=O) groups is 1. The van der Waals surface area contributed by atoms with Gasteiger partial charge in [-0.1, -0.05) is 0 Å². The first kappa shape index (κ1) is 13.1. The second-order valence-electron chi connectivity index (χ2n) is 4.29. The van der Waals surface area contributed by atoms with Crippen molar-refractivity contribution in [3.8, 4) is 5.75 Å². The predicted molar refractivity (Wildman–Crippen MR) is 69.4 cm³/mol. The molecule has 0 fully saturated rings. The molecule has 0 aliphatic heterocycles. The smallest absolute Gasteiger partial charge is 0.294 e. The van der Waals surface area contributed by atoms with Crippen LogP contribution in [0.4, 0.5) is 0 Å². The molecule has 0 spiro atoms. The summed E-state index contributed by atoms with van der Waals surface area (Å²) in [7, 11) is 1.58. The van der Waals surface area contributed by atoms with Crippen LogP contribution in [0.5, 0.6) is 5.75 Å². The fourth-order valence-corrected chi connectivity index (χ4v) is 1.82. The molecule has 0 unspecified atom stereocenters. The molecule has 0 aliphatic carbocycles. The number of ketones is 1.